The zero-order valence-corrected chi connectivity index (χ0v) is 18.3. The van der Waals surface area contributed by atoms with Crippen LogP contribution in [-0.2, 0) is 24.2 Å². The molecule has 0 saturated carbocycles. The zero-order chi connectivity index (χ0) is 22.8. The summed E-state index contributed by atoms with van der Waals surface area (Å²) in [5.74, 6) is 2.52. The third-order valence-corrected chi connectivity index (χ3v) is 4.88. The van der Waals surface area contributed by atoms with Crippen molar-refractivity contribution in [2.75, 3.05) is 20.8 Å². The summed E-state index contributed by atoms with van der Waals surface area (Å²) < 4.78 is 16.6. The molecule has 1 amide bonds. The van der Waals surface area contributed by atoms with Crippen molar-refractivity contribution in [3.8, 4) is 23.0 Å². The van der Waals surface area contributed by atoms with E-state index in [4.69, 9.17) is 20.8 Å². The number of benzene rings is 3. The molecule has 164 valence electrons. The second-order valence-electron chi connectivity index (χ2n) is 7.18. The van der Waals surface area contributed by atoms with Gasteiger partial charge in [0.15, 0.2) is 11.5 Å². The van der Waals surface area contributed by atoms with Crippen LogP contribution in [0.1, 0.15) is 16.7 Å². The topological polar surface area (TPSA) is 61.2 Å². The van der Waals surface area contributed by atoms with Crippen LogP contribution in [0.3, 0.4) is 0 Å². The van der Waals surface area contributed by atoms with Gasteiger partial charge < -0.3 is 24.4 Å². The van der Waals surface area contributed by atoms with Gasteiger partial charge in [0.2, 0.25) is 12.5 Å². The maximum atomic E-state index is 12.4. The van der Waals surface area contributed by atoms with Gasteiger partial charge in [0.05, 0.1) is 20.6 Å². The Morgan fingerprint density at radius 2 is 1.66 bits per heavy atom. The number of carbonyl (C=O) groups is 1. The first-order valence-electron chi connectivity index (χ1n) is 10.3. The Balaban J connectivity index is 1.55. The van der Waals surface area contributed by atoms with Crippen molar-refractivity contribution in [2.24, 2.45) is 0 Å². The van der Waals surface area contributed by atoms with Gasteiger partial charge in [-0.25, -0.2) is 6.57 Å². The van der Waals surface area contributed by atoms with E-state index in [2.05, 4.69) is 10.2 Å². The molecule has 3 aromatic rings. The smallest absolute Gasteiger partial charge is 0.239 e. The molecular weight excluding hydrogens is 404 g/mol. The molecule has 0 heterocycles. The lowest BCUT2D eigenvalue weighted by atomic mass is 10.1. The molecule has 0 aromatic heterocycles. The highest BCUT2D eigenvalue weighted by molar-refractivity contribution is 5.78. The fourth-order valence-electron chi connectivity index (χ4n) is 3.21. The Bertz CT molecular complexity index is 1090. The van der Waals surface area contributed by atoms with E-state index < -0.39 is 0 Å². The minimum atomic E-state index is -0.0565. The summed E-state index contributed by atoms with van der Waals surface area (Å²) in [6.45, 7) is 7.83. The Morgan fingerprint density at radius 1 is 0.875 bits per heavy atom. The van der Waals surface area contributed by atoms with Crippen molar-refractivity contribution in [1.29, 1.82) is 0 Å². The molecule has 3 aromatic carbocycles. The normalized spacial score (nSPS) is 10.2. The molecule has 6 heteroatoms. The second-order valence-corrected chi connectivity index (χ2v) is 7.18. The van der Waals surface area contributed by atoms with Crippen molar-refractivity contribution in [3.63, 3.8) is 0 Å². The predicted octanol–water partition coefficient (Wildman–Crippen LogP) is 4.82. The number of carbonyl (C=O) groups excluding carboxylic acids is 1. The Morgan fingerprint density at radius 3 is 2.38 bits per heavy atom. The van der Waals surface area contributed by atoms with E-state index in [0.717, 1.165) is 28.9 Å². The average molecular weight is 431 g/mol. The Labute approximate surface area is 188 Å². The van der Waals surface area contributed by atoms with E-state index in [1.807, 2.05) is 60.7 Å². The van der Waals surface area contributed by atoms with Crippen LogP contribution in [0, 0.1) is 6.57 Å². The molecule has 0 unspecified atom stereocenters. The van der Waals surface area contributed by atoms with Gasteiger partial charge in [-0.05, 0) is 66.1 Å². The van der Waals surface area contributed by atoms with Crippen LogP contribution in [0.15, 0.2) is 66.7 Å². The molecule has 0 spiro atoms. The first kappa shape index (κ1) is 22.7. The van der Waals surface area contributed by atoms with Crippen LogP contribution in [0.2, 0.25) is 0 Å². The third-order valence-electron chi connectivity index (χ3n) is 4.88. The number of hydrogen-bond donors (Lipinski definition) is 1. The van der Waals surface area contributed by atoms with Crippen molar-refractivity contribution in [2.45, 2.75) is 19.4 Å². The van der Waals surface area contributed by atoms with Gasteiger partial charge in [0.25, 0.3) is 0 Å². The highest BCUT2D eigenvalue weighted by atomic mass is 16.5. The first-order chi connectivity index (χ1) is 15.6. The number of amides is 1. The van der Waals surface area contributed by atoms with Gasteiger partial charge in [0, 0.05) is 12.1 Å². The molecule has 3 rings (SSSR count). The summed E-state index contributed by atoms with van der Waals surface area (Å²) in [7, 11) is 3.21. The zero-order valence-electron chi connectivity index (χ0n) is 18.3. The van der Waals surface area contributed by atoms with Crippen molar-refractivity contribution in [3.05, 3.63) is 94.8 Å². The van der Waals surface area contributed by atoms with Crippen LogP contribution >= 0.6 is 0 Å². The fraction of sp³-hybridized carbons (Fsp3) is 0.231. The van der Waals surface area contributed by atoms with Gasteiger partial charge in [0.1, 0.15) is 11.5 Å². The number of hydrogen-bond acceptors (Lipinski definition) is 4. The fourth-order valence-corrected chi connectivity index (χ4v) is 3.21. The minimum absolute atomic E-state index is 0.0565. The van der Waals surface area contributed by atoms with Gasteiger partial charge in [-0.3, -0.25) is 4.79 Å². The van der Waals surface area contributed by atoms with Crippen molar-refractivity contribution >= 4 is 5.91 Å². The average Bonchev–Trinajstić information content (AvgIpc) is 2.81. The maximum absolute atomic E-state index is 12.4. The van der Waals surface area contributed by atoms with Gasteiger partial charge >= 0.3 is 0 Å². The third kappa shape index (κ3) is 6.51. The Hall–Kier alpha value is -3.98. The maximum Gasteiger partial charge on any atom is 0.239 e. The molecule has 0 aliphatic rings. The van der Waals surface area contributed by atoms with Crippen LogP contribution in [0.25, 0.3) is 4.85 Å². The summed E-state index contributed by atoms with van der Waals surface area (Å²) in [4.78, 5) is 15.7. The molecule has 0 bridgehead atoms. The molecule has 0 fully saturated rings. The minimum Gasteiger partial charge on any atom is -0.497 e. The summed E-state index contributed by atoms with van der Waals surface area (Å²) in [5, 5.41) is 2.95. The predicted molar refractivity (Wildman–Crippen MR) is 123 cm³/mol. The molecule has 0 aliphatic heterocycles. The molecule has 6 nitrogen and oxygen atoms in total. The highest BCUT2D eigenvalue weighted by Gasteiger charge is 2.10. The highest BCUT2D eigenvalue weighted by Crippen LogP contribution is 2.32. The van der Waals surface area contributed by atoms with Crippen LogP contribution in [-0.4, -0.2) is 26.7 Å². The monoisotopic (exact) mass is 430 g/mol. The molecule has 0 saturated heterocycles. The van der Waals surface area contributed by atoms with E-state index in [9.17, 15) is 4.79 Å². The molecule has 0 aliphatic carbocycles. The molecule has 32 heavy (non-hydrogen) atoms. The van der Waals surface area contributed by atoms with E-state index in [-0.39, 0.29) is 12.3 Å². The van der Waals surface area contributed by atoms with Crippen LogP contribution < -0.4 is 19.5 Å². The molecule has 0 radical (unpaired) electrons. The molecular formula is C26H26N2O4. The number of ether oxygens (including phenoxy) is 3. The number of nitrogens with zero attached hydrogens (tertiary/aromatic N) is 1. The quantitative estimate of drug-likeness (QED) is 0.469. The molecule has 0 atom stereocenters. The van der Waals surface area contributed by atoms with E-state index in [1.54, 1.807) is 20.3 Å². The van der Waals surface area contributed by atoms with Gasteiger partial charge in [-0.2, -0.15) is 0 Å². The van der Waals surface area contributed by atoms with Gasteiger partial charge in [-0.15, -0.1) is 0 Å². The molecule has 1 N–H and O–H groups in total. The number of methoxy groups -OCH3 is 2. The summed E-state index contributed by atoms with van der Waals surface area (Å²) in [5.41, 5.74) is 2.88. The number of nitrogens with one attached hydrogen (secondary N) is 1. The van der Waals surface area contributed by atoms with Crippen molar-refractivity contribution in [1.82, 2.24) is 5.32 Å². The van der Waals surface area contributed by atoms with Crippen LogP contribution in [0.5, 0.6) is 23.0 Å². The lowest BCUT2D eigenvalue weighted by molar-refractivity contribution is -0.120. The van der Waals surface area contributed by atoms with E-state index >= 15 is 0 Å². The first-order valence-corrected chi connectivity index (χ1v) is 10.3. The van der Waals surface area contributed by atoms with Crippen LogP contribution in [0.4, 0.5) is 0 Å². The summed E-state index contributed by atoms with van der Waals surface area (Å²) in [6.07, 6.45) is 0.980. The van der Waals surface area contributed by atoms with Crippen molar-refractivity contribution < 1.29 is 19.0 Å². The van der Waals surface area contributed by atoms with E-state index in [0.29, 0.717) is 30.3 Å². The summed E-state index contributed by atoms with van der Waals surface area (Å²) >= 11 is 0. The Kier molecular flexibility index (Phi) is 8.10. The second kappa shape index (κ2) is 11.4. The van der Waals surface area contributed by atoms with E-state index in [1.165, 1.54) is 0 Å². The van der Waals surface area contributed by atoms with Gasteiger partial charge in [-0.1, -0.05) is 18.2 Å². The largest absolute Gasteiger partial charge is 0.497 e. The lowest BCUT2D eigenvalue weighted by Gasteiger charge is -2.12. The summed E-state index contributed by atoms with van der Waals surface area (Å²) in [6, 6.07) is 20.6. The SMILES string of the molecule is [C-]#[N+]Cc1ccc(Oc2ccc(CC(=O)NCCc3cccc(OC)c3)cc2OC)cc1. The number of rotatable bonds is 10. The lowest BCUT2D eigenvalue weighted by Crippen LogP contribution is -2.27. The standard InChI is InChI=1S/C26H26N2O4/c1-27-18-20-7-10-22(11-8-20)32-24-12-9-21(16-25(24)31-3)17-26(29)28-14-13-19-5-4-6-23(15-19)30-2/h4-12,15-16H,13-14,17-18H2,2-3H3,(H,28,29).